The van der Waals surface area contributed by atoms with Gasteiger partial charge in [0.1, 0.15) is 19.3 Å². The highest BCUT2D eigenvalue weighted by Crippen LogP contribution is 2.45. The number of hydrogen-bond donors (Lipinski definition) is 3. The number of unbranched alkanes of at least 4 members (excludes halogenated alkanes) is 49. The van der Waals surface area contributed by atoms with E-state index in [1.807, 2.05) is 0 Å². The number of rotatable bonds is 77. The molecule has 0 saturated carbocycles. The van der Waals surface area contributed by atoms with E-state index in [0.29, 0.717) is 25.7 Å². The molecule has 570 valence electrons. The van der Waals surface area contributed by atoms with Crippen molar-refractivity contribution >= 4 is 39.5 Å². The molecule has 5 atom stereocenters. The summed E-state index contributed by atoms with van der Waals surface area (Å²) in [6.45, 7) is 7.26. The zero-order valence-corrected chi connectivity index (χ0v) is 64.3. The van der Waals surface area contributed by atoms with E-state index < -0.39 is 97.5 Å². The third kappa shape index (κ3) is 70.5. The van der Waals surface area contributed by atoms with E-state index in [9.17, 15) is 43.2 Å². The van der Waals surface area contributed by atoms with E-state index >= 15 is 0 Å². The monoisotopic (exact) mass is 1410 g/mol. The fraction of sp³-hybridized carbons (Fsp3) is 0.948. The normalized spacial score (nSPS) is 13.9. The maximum absolute atomic E-state index is 13.1. The Labute approximate surface area is 588 Å². The van der Waals surface area contributed by atoms with Crippen LogP contribution < -0.4 is 0 Å². The van der Waals surface area contributed by atoms with Crippen LogP contribution in [0.3, 0.4) is 0 Å². The molecule has 0 amide bonds. The largest absolute Gasteiger partial charge is 0.472 e. The van der Waals surface area contributed by atoms with Crippen molar-refractivity contribution in [1.82, 2.24) is 0 Å². The summed E-state index contributed by atoms with van der Waals surface area (Å²) in [7, 11) is -9.91. The first-order chi connectivity index (χ1) is 46.5. The topological polar surface area (TPSA) is 237 Å². The molecule has 0 aromatic carbocycles. The van der Waals surface area contributed by atoms with E-state index in [1.54, 1.807) is 0 Å². The van der Waals surface area contributed by atoms with Gasteiger partial charge in [-0.15, -0.1) is 0 Å². The van der Waals surface area contributed by atoms with Crippen LogP contribution in [-0.2, 0) is 65.4 Å². The lowest BCUT2D eigenvalue weighted by Gasteiger charge is -2.21. The van der Waals surface area contributed by atoms with Gasteiger partial charge >= 0.3 is 39.5 Å². The highest BCUT2D eigenvalue weighted by Gasteiger charge is 2.30. The Balaban J connectivity index is 5.18. The van der Waals surface area contributed by atoms with Gasteiger partial charge in [-0.25, -0.2) is 9.13 Å². The summed E-state index contributed by atoms with van der Waals surface area (Å²) in [6, 6.07) is 0. The number of aliphatic hydroxyl groups excluding tert-OH is 1. The summed E-state index contributed by atoms with van der Waals surface area (Å²) in [5, 5.41) is 10.6. The van der Waals surface area contributed by atoms with Gasteiger partial charge in [0, 0.05) is 25.7 Å². The lowest BCUT2D eigenvalue weighted by atomic mass is 10.0. The van der Waals surface area contributed by atoms with Crippen molar-refractivity contribution < 1.29 is 80.2 Å². The van der Waals surface area contributed by atoms with E-state index in [0.717, 1.165) is 109 Å². The molecule has 0 heterocycles. The van der Waals surface area contributed by atoms with Crippen molar-refractivity contribution in [3.05, 3.63) is 0 Å². The van der Waals surface area contributed by atoms with Crippen molar-refractivity contribution in [3.8, 4) is 0 Å². The maximum Gasteiger partial charge on any atom is 0.472 e. The Bertz CT molecular complexity index is 1840. The highest BCUT2D eigenvalue weighted by atomic mass is 31.2. The summed E-state index contributed by atoms with van der Waals surface area (Å²) in [5.41, 5.74) is 0. The predicted octanol–water partition coefficient (Wildman–Crippen LogP) is 22.9. The summed E-state index contributed by atoms with van der Waals surface area (Å²) in [4.78, 5) is 72.7. The molecular weight excluding hydrogens is 1260 g/mol. The molecule has 0 fully saturated rings. The summed E-state index contributed by atoms with van der Waals surface area (Å²) in [6.07, 6.45) is 59.8. The van der Waals surface area contributed by atoms with Crippen LogP contribution in [0.2, 0.25) is 0 Å². The predicted molar refractivity (Wildman–Crippen MR) is 391 cm³/mol. The number of carbonyl (C=O) groups is 4. The molecule has 3 N–H and O–H groups in total. The third-order valence-corrected chi connectivity index (χ3v) is 19.9. The average Bonchev–Trinajstić information content (AvgIpc) is 3.05. The number of hydrogen-bond acceptors (Lipinski definition) is 15. The number of phosphoric ester groups is 2. The van der Waals surface area contributed by atoms with Gasteiger partial charge in [0.05, 0.1) is 26.4 Å². The Morgan fingerprint density at radius 2 is 0.479 bits per heavy atom. The Morgan fingerprint density at radius 3 is 0.708 bits per heavy atom. The number of carbonyl (C=O) groups excluding carboxylic acids is 4. The molecule has 17 nitrogen and oxygen atoms in total. The van der Waals surface area contributed by atoms with Crippen LogP contribution in [0.4, 0.5) is 0 Å². The average molecular weight is 1410 g/mol. The van der Waals surface area contributed by atoms with Crippen molar-refractivity contribution in [2.24, 2.45) is 5.92 Å². The first-order valence-electron chi connectivity index (χ1n) is 40.1. The minimum atomic E-state index is -4.96. The minimum absolute atomic E-state index is 0.106. The highest BCUT2D eigenvalue weighted by molar-refractivity contribution is 7.47. The molecular formula is C77H150O17P2. The van der Waals surface area contributed by atoms with Crippen molar-refractivity contribution in [1.29, 1.82) is 0 Å². The quantitative estimate of drug-likeness (QED) is 0.0222. The van der Waals surface area contributed by atoms with Gasteiger partial charge in [-0.05, 0) is 31.6 Å². The zero-order valence-electron chi connectivity index (χ0n) is 62.5. The van der Waals surface area contributed by atoms with E-state index in [2.05, 4.69) is 34.6 Å². The molecule has 0 rings (SSSR count). The van der Waals surface area contributed by atoms with E-state index in [4.69, 9.17) is 37.0 Å². The number of ether oxygens (including phenoxy) is 4. The first kappa shape index (κ1) is 94.1. The number of aliphatic hydroxyl groups is 1. The summed E-state index contributed by atoms with van der Waals surface area (Å²) in [5.74, 6) is -1.35. The van der Waals surface area contributed by atoms with Gasteiger partial charge in [0.15, 0.2) is 12.2 Å². The molecule has 0 bridgehead atoms. The lowest BCUT2D eigenvalue weighted by molar-refractivity contribution is -0.161. The first-order valence-corrected chi connectivity index (χ1v) is 43.1. The smallest absolute Gasteiger partial charge is 0.462 e. The molecule has 19 heteroatoms. The molecule has 0 aliphatic carbocycles. The molecule has 0 aliphatic heterocycles. The minimum Gasteiger partial charge on any atom is -0.462 e. The standard InChI is InChI=1S/C77H150O17P2/c1-6-9-12-15-18-20-22-24-26-28-29-30-32-34-38-42-47-52-57-62-76(81)94-73(67-88-75(80)61-56-51-46-41-37-33-31-27-25-23-21-19-16-13-10-7-2)69-92-96(85,86)90-65-71(78)64-89-95(83,84)91-68-72(66-87-74(79)60-55-50-44-17-14-11-8-3)93-77(82)63-58-53-48-43-39-35-36-40-45-49-54-59-70(4)5/h70-73,78H,6-69H2,1-5H3,(H,83,84)(H,85,86)/t71-,72+,73+/m0/s1. The zero-order chi connectivity index (χ0) is 70.5. The molecule has 0 radical (unpaired) electrons. The maximum atomic E-state index is 13.1. The fourth-order valence-corrected chi connectivity index (χ4v) is 13.5. The Morgan fingerprint density at radius 1 is 0.281 bits per heavy atom. The van der Waals surface area contributed by atoms with Crippen LogP contribution in [0.25, 0.3) is 0 Å². The van der Waals surface area contributed by atoms with Gasteiger partial charge < -0.3 is 33.8 Å². The van der Waals surface area contributed by atoms with Crippen LogP contribution >= 0.6 is 15.6 Å². The number of phosphoric acid groups is 2. The third-order valence-electron chi connectivity index (χ3n) is 18.0. The van der Waals surface area contributed by atoms with Crippen molar-refractivity contribution in [2.45, 2.75) is 425 Å². The molecule has 2 unspecified atom stereocenters. The van der Waals surface area contributed by atoms with Crippen LogP contribution in [-0.4, -0.2) is 96.7 Å². The van der Waals surface area contributed by atoms with E-state index in [-0.39, 0.29) is 25.7 Å². The molecule has 0 aromatic rings. The van der Waals surface area contributed by atoms with Gasteiger partial charge in [-0.2, -0.15) is 0 Å². The number of esters is 4. The van der Waals surface area contributed by atoms with Crippen LogP contribution in [0.15, 0.2) is 0 Å². The second-order valence-corrected chi connectivity index (χ2v) is 31.1. The molecule has 0 saturated heterocycles. The van der Waals surface area contributed by atoms with E-state index in [1.165, 1.54) is 218 Å². The van der Waals surface area contributed by atoms with Gasteiger partial charge in [0.25, 0.3) is 0 Å². The Hall–Kier alpha value is -1.94. The molecule has 0 aliphatic rings. The summed E-state index contributed by atoms with van der Waals surface area (Å²) >= 11 is 0. The van der Waals surface area contributed by atoms with Crippen LogP contribution in [0, 0.1) is 5.92 Å². The van der Waals surface area contributed by atoms with Gasteiger partial charge in [0.2, 0.25) is 0 Å². The Kier molecular flexibility index (Phi) is 68.7. The summed E-state index contributed by atoms with van der Waals surface area (Å²) < 4.78 is 68.5. The second kappa shape index (κ2) is 70.1. The lowest BCUT2D eigenvalue weighted by Crippen LogP contribution is -2.30. The van der Waals surface area contributed by atoms with Crippen LogP contribution in [0.5, 0.6) is 0 Å². The molecule has 0 spiro atoms. The van der Waals surface area contributed by atoms with Gasteiger partial charge in [-0.3, -0.25) is 37.3 Å². The second-order valence-electron chi connectivity index (χ2n) is 28.2. The SMILES string of the molecule is CCCCCCCCCCCCCCCCCCCCCC(=O)O[C@H](COC(=O)CCCCCCCCCCCCCCCCCC)COP(=O)(O)OC[C@@H](O)COP(=O)(O)OC[C@@H](COC(=O)CCCCCCCCC)OC(=O)CCCCCCCCCCCCCC(C)C. The van der Waals surface area contributed by atoms with Crippen LogP contribution in [0.1, 0.15) is 407 Å². The fourth-order valence-electron chi connectivity index (χ4n) is 11.9. The van der Waals surface area contributed by atoms with Crippen molar-refractivity contribution in [3.63, 3.8) is 0 Å². The molecule has 96 heavy (non-hydrogen) atoms. The van der Waals surface area contributed by atoms with Gasteiger partial charge in [-0.1, -0.05) is 356 Å². The van der Waals surface area contributed by atoms with Crippen molar-refractivity contribution in [2.75, 3.05) is 39.6 Å². The molecule has 0 aromatic heterocycles.